The van der Waals surface area contributed by atoms with Gasteiger partial charge in [-0.3, -0.25) is 14.8 Å². The van der Waals surface area contributed by atoms with Crippen LogP contribution in [0.2, 0.25) is 0 Å². The lowest BCUT2D eigenvalue weighted by molar-refractivity contribution is -0.0221. The lowest BCUT2D eigenvalue weighted by Gasteiger charge is -2.35. The molecule has 39 heavy (non-hydrogen) atoms. The first-order valence-electron chi connectivity index (χ1n) is 13.8. The molecule has 3 heterocycles. The number of alkyl halides is 2. The number of carbonyl (C=O) groups excluding carboxylic acids is 1. The van der Waals surface area contributed by atoms with Gasteiger partial charge in [-0.25, -0.2) is 22.2 Å². The summed E-state index contributed by atoms with van der Waals surface area (Å²) in [5.74, 6) is -2.50. The highest BCUT2D eigenvalue weighted by Gasteiger charge is 2.44. The predicted molar refractivity (Wildman–Crippen MR) is 146 cm³/mol. The van der Waals surface area contributed by atoms with Crippen molar-refractivity contribution >= 4 is 39.1 Å². The van der Waals surface area contributed by atoms with E-state index in [-0.39, 0.29) is 37.1 Å². The van der Waals surface area contributed by atoms with Gasteiger partial charge in [-0.1, -0.05) is 6.42 Å². The largest absolute Gasteiger partial charge is 0.371 e. The molecular weight excluding hydrogens is 526 g/mol. The minimum Gasteiger partial charge on any atom is -0.371 e. The molecule has 0 unspecified atom stereocenters. The lowest BCUT2D eigenvalue weighted by Crippen LogP contribution is -2.39. The second kappa shape index (κ2) is 9.87. The van der Waals surface area contributed by atoms with Gasteiger partial charge in [0.15, 0.2) is 0 Å². The van der Waals surface area contributed by atoms with Gasteiger partial charge in [0.25, 0.3) is 11.8 Å². The minimum absolute atomic E-state index is 0.0890. The second-order valence-corrected chi connectivity index (χ2v) is 13.4. The number of nitrogens with zero attached hydrogens (tertiary/aromatic N) is 4. The van der Waals surface area contributed by atoms with E-state index >= 15 is 0 Å². The fourth-order valence-corrected chi connectivity index (χ4v) is 7.27. The van der Waals surface area contributed by atoms with Gasteiger partial charge in [0.05, 0.1) is 22.2 Å². The third-order valence-electron chi connectivity index (χ3n) is 8.80. The van der Waals surface area contributed by atoms with Gasteiger partial charge in [0, 0.05) is 45.2 Å². The van der Waals surface area contributed by atoms with E-state index in [4.69, 9.17) is 0 Å². The third kappa shape index (κ3) is 5.66. The number of hydrogen-bond acceptors (Lipinski definition) is 7. The van der Waals surface area contributed by atoms with Gasteiger partial charge in [-0.15, -0.1) is 0 Å². The van der Waals surface area contributed by atoms with Crippen molar-refractivity contribution in [2.45, 2.75) is 69.0 Å². The molecule has 2 aliphatic carbocycles. The number of rotatable bonds is 7. The lowest BCUT2D eigenvalue weighted by atomic mass is 9.93. The van der Waals surface area contributed by atoms with Crippen LogP contribution in [0.5, 0.6) is 0 Å². The summed E-state index contributed by atoms with van der Waals surface area (Å²) in [5.41, 5.74) is 1.96. The number of carbonyl (C=O) groups is 1. The van der Waals surface area contributed by atoms with E-state index in [1.54, 1.807) is 29.2 Å². The monoisotopic (exact) mass is 560 g/mol. The molecule has 9 nitrogen and oxygen atoms in total. The number of halogens is 2. The number of amides is 1. The SMILES string of the molecule is O=C(Nc1nccc(N2CCC(F)(F)CC2)n1)c1ccc(NS(=O)(=O)C2CCC2)cc1N1CCC2(CC1)CC2. The summed E-state index contributed by atoms with van der Waals surface area (Å²) in [6.07, 6.45) is 7.86. The molecule has 1 amide bonds. The average molecular weight is 561 g/mol. The van der Waals surface area contributed by atoms with E-state index in [9.17, 15) is 22.0 Å². The molecule has 12 heteroatoms. The molecule has 0 bridgehead atoms. The van der Waals surface area contributed by atoms with E-state index in [1.165, 1.54) is 19.0 Å². The van der Waals surface area contributed by atoms with Crippen LogP contribution < -0.4 is 19.8 Å². The highest BCUT2D eigenvalue weighted by Crippen LogP contribution is 2.54. The van der Waals surface area contributed by atoms with Gasteiger partial charge in [0.1, 0.15) is 5.82 Å². The van der Waals surface area contributed by atoms with Crippen molar-refractivity contribution in [3.05, 3.63) is 36.0 Å². The van der Waals surface area contributed by atoms with Crippen LogP contribution in [0.25, 0.3) is 0 Å². The normalized spacial score (nSPS) is 22.3. The Hall–Kier alpha value is -3.02. The van der Waals surface area contributed by atoms with Crippen molar-refractivity contribution in [3.63, 3.8) is 0 Å². The van der Waals surface area contributed by atoms with Crippen LogP contribution in [0.15, 0.2) is 30.5 Å². The van der Waals surface area contributed by atoms with Crippen molar-refractivity contribution in [2.75, 3.05) is 46.0 Å². The Morgan fingerprint density at radius 3 is 2.28 bits per heavy atom. The first-order valence-corrected chi connectivity index (χ1v) is 15.3. The van der Waals surface area contributed by atoms with Crippen molar-refractivity contribution in [3.8, 4) is 0 Å². The zero-order valence-electron chi connectivity index (χ0n) is 21.8. The molecule has 0 atom stereocenters. The average Bonchev–Trinajstić information content (AvgIpc) is 3.61. The molecule has 1 aromatic carbocycles. The van der Waals surface area contributed by atoms with Crippen LogP contribution in [0.1, 0.15) is 68.1 Å². The number of piperidine rings is 2. The summed E-state index contributed by atoms with van der Waals surface area (Å²) >= 11 is 0. The number of nitrogens with one attached hydrogen (secondary N) is 2. The second-order valence-electron chi connectivity index (χ2n) is 11.5. The highest BCUT2D eigenvalue weighted by atomic mass is 32.2. The van der Waals surface area contributed by atoms with Crippen LogP contribution in [0.4, 0.5) is 31.9 Å². The highest BCUT2D eigenvalue weighted by molar-refractivity contribution is 7.93. The fraction of sp³-hybridized carbons (Fsp3) is 0.593. The molecule has 1 aromatic heterocycles. The molecule has 1 spiro atoms. The number of benzene rings is 1. The first kappa shape index (κ1) is 26.2. The van der Waals surface area contributed by atoms with Crippen LogP contribution in [-0.2, 0) is 10.0 Å². The van der Waals surface area contributed by atoms with Crippen molar-refractivity contribution in [1.82, 2.24) is 9.97 Å². The fourth-order valence-electron chi connectivity index (χ4n) is 5.69. The Bertz CT molecular complexity index is 1340. The summed E-state index contributed by atoms with van der Waals surface area (Å²) in [6.45, 7) is 1.95. The molecule has 2 aliphatic heterocycles. The smallest absolute Gasteiger partial charge is 0.260 e. The van der Waals surface area contributed by atoms with Gasteiger partial charge >= 0.3 is 0 Å². The number of anilines is 4. The third-order valence-corrected chi connectivity index (χ3v) is 10.7. The van der Waals surface area contributed by atoms with Crippen molar-refractivity contribution < 1.29 is 22.0 Å². The summed E-state index contributed by atoms with van der Waals surface area (Å²) in [4.78, 5) is 26.0. The Morgan fingerprint density at radius 1 is 0.949 bits per heavy atom. The topological polar surface area (TPSA) is 108 Å². The van der Waals surface area contributed by atoms with Gasteiger partial charge < -0.3 is 9.80 Å². The van der Waals surface area contributed by atoms with Crippen molar-refractivity contribution in [2.24, 2.45) is 5.41 Å². The molecule has 2 aromatic rings. The van der Waals surface area contributed by atoms with Gasteiger partial charge in [0.2, 0.25) is 16.0 Å². The minimum atomic E-state index is -3.48. The van der Waals surface area contributed by atoms with Crippen LogP contribution in [0.3, 0.4) is 0 Å². The molecule has 4 aliphatic rings. The maximum Gasteiger partial charge on any atom is 0.260 e. The van der Waals surface area contributed by atoms with E-state index in [1.807, 2.05) is 0 Å². The van der Waals surface area contributed by atoms with Gasteiger partial charge in [-0.2, -0.15) is 4.98 Å². The molecule has 2 N–H and O–H groups in total. The zero-order chi connectivity index (χ0) is 27.3. The van der Waals surface area contributed by atoms with E-state index in [0.717, 1.165) is 32.4 Å². The van der Waals surface area contributed by atoms with E-state index < -0.39 is 21.9 Å². The Kier molecular flexibility index (Phi) is 6.63. The summed E-state index contributed by atoms with van der Waals surface area (Å²) in [5, 5.41) is 2.39. The van der Waals surface area contributed by atoms with Crippen molar-refractivity contribution in [1.29, 1.82) is 0 Å². The molecule has 0 radical (unpaired) electrons. The Labute approximate surface area is 227 Å². The number of hydrogen-bond donors (Lipinski definition) is 2. The maximum atomic E-state index is 13.6. The molecular formula is C27H34F2N6O3S. The quantitative estimate of drug-likeness (QED) is 0.508. The van der Waals surface area contributed by atoms with Crippen LogP contribution in [0, 0.1) is 5.41 Å². The van der Waals surface area contributed by atoms with Crippen LogP contribution in [-0.4, -0.2) is 61.6 Å². The molecule has 2 saturated heterocycles. The van der Waals surface area contributed by atoms with Crippen LogP contribution >= 0.6 is 0 Å². The van der Waals surface area contributed by atoms with E-state index in [2.05, 4.69) is 24.9 Å². The van der Waals surface area contributed by atoms with Gasteiger partial charge in [-0.05, 0) is 68.2 Å². The summed E-state index contributed by atoms with van der Waals surface area (Å²) in [7, 11) is -3.48. The Morgan fingerprint density at radius 2 is 1.64 bits per heavy atom. The Balaban J connectivity index is 1.22. The van der Waals surface area contributed by atoms with E-state index in [0.29, 0.717) is 41.0 Å². The first-order chi connectivity index (χ1) is 18.6. The number of sulfonamides is 1. The molecule has 210 valence electrons. The number of aromatic nitrogens is 2. The zero-order valence-corrected chi connectivity index (χ0v) is 22.7. The molecule has 4 fully saturated rings. The predicted octanol–water partition coefficient (Wildman–Crippen LogP) is 4.64. The summed E-state index contributed by atoms with van der Waals surface area (Å²) in [6, 6.07) is 6.66. The molecule has 6 rings (SSSR count). The maximum absolute atomic E-state index is 13.6. The molecule has 2 saturated carbocycles. The summed E-state index contributed by atoms with van der Waals surface area (Å²) < 4.78 is 55.4. The standard InChI is InChI=1S/C27H34F2N6O3S/c28-27(29)11-16-35(17-12-27)23-6-13-30-25(31-23)32-24(36)21-5-4-19(33-39(37,38)20-2-1-3-20)18-22(21)34-14-9-26(7-8-26)10-15-34/h4-6,13,18,20,33H,1-3,7-12,14-17H2,(H,30,31,32,36).